The number of phenolic OH excluding ortho intramolecular Hbond substituents is 1. The summed E-state index contributed by atoms with van der Waals surface area (Å²) < 4.78 is 11.5. The number of methoxy groups -OCH3 is 2. The van der Waals surface area contributed by atoms with Gasteiger partial charge in [-0.25, -0.2) is 9.80 Å². The lowest BCUT2D eigenvalue weighted by Gasteiger charge is -2.23. The van der Waals surface area contributed by atoms with Crippen molar-refractivity contribution in [2.24, 2.45) is 5.10 Å². The van der Waals surface area contributed by atoms with E-state index in [0.29, 0.717) is 5.56 Å². The Morgan fingerprint density at radius 2 is 1.75 bits per heavy atom. The van der Waals surface area contributed by atoms with Crippen LogP contribution in [-0.2, 0) is 11.3 Å². The first kappa shape index (κ1) is 24.6. The Hall–Kier alpha value is -4.54. The van der Waals surface area contributed by atoms with Crippen LogP contribution >= 0.6 is 0 Å². The number of nitrogens with one attached hydrogen (secondary N) is 1. The maximum atomic E-state index is 12.8. The summed E-state index contributed by atoms with van der Waals surface area (Å²) in [5.41, 5.74) is -0.366. The van der Waals surface area contributed by atoms with Crippen molar-refractivity contribution in [3.8, 4) is 23.1 Å². The highest BCUT2D eigenvalue weighted by molar-refractivity contribution is 6.04. The molecule has 3 N–H and O–H groups in total. The number of H-pyrrole nitrogens is 1. The summed E-state index contributed by atoms with van der Waals surface area (Å²) in [5, 5.41) is 26.9. The normalized spacial score (nSPS) is 15.0. The van der Waals surface area contributed by atoms with E-state index >= 15 is 0 Å². The van der Waals surface area contributed by atoms with E-state index in [4.69, 9.17) is 9.47 Å². The zero-order valence-corrected chi connectivity index (χ0v) is 20.0. The van der Waals surface area contributed by atoms with E-state index in [0.717, 1.165) is 10.1 Å². The molecule has 0 aliphatic carbocycles. The summed E-state index contributed by atoms with van der Waals surface area (Å²) in [4.78, 5) is 40.3. The molecule has 11 heteroatoms. The van der Waals surface area contributed by atoms with Crippen molar-refractivity contribution in [3.63, 3.8) is 0 Å². The number of benzene rings is 2. The molecule has 3 aromatic rings. The predicted octanol–water partition coefficient (Wildman–Crippen LogP) is 2.10. The van der Waals surface area contributed by atoms with Gasteiger partial charge in [0.1, 0.15) is 5.56 Å². The first-order chi connectivity index (χ1) is 17.3. The number of rotatable bonds is 7. The molecule has 0 saturated heterocycles. The van der Waals surface area contributed by atoms with E-state index in [-0.39, 0.29) is 53.8 Å². The minimum atomic E-state index is -0.814. The van der Waals surface area contributed by atoms with Gasteiger partial charge in [0.05, 0.1) is 32.5 Å². The van der Waals surface area contributed by atoms with Crippen LogP contribution in [-0.4, -0.2) is 50.6 Å². The fourth-order valence-corrected chi connectivity index (χ4v) is 4.15. The monoisotopic (exact) mass is 494 g/mol. The Labute approximate surface area is 205 Å². The van der Waals surface area contributed by atoms with Crippen LogP contribution in [0.5, 0.6) is 23.1 Å². The van der Waals surface area contributed by atoms with Gasteiger partial charge in [0.15, 0.2) is 11.5 Å². The fourth-order valence-electron chi connectivity index (χ4n) is 4.15. The number of aromatic nitrogens is 2. The van der Waals surface area contributed by atoms with Crippen molar-refractivity contribution in [3.05, 3.63) is 80.0 Å². The van der Waals surface area contributed by atoms with E-state index in [2.05, 4.69) is 10.1 Å². The van der Waals surface area contributed by atoms with E-state index in [9.17, 15) is 24.6 Å². The maximum absolute atomic E-state index is 12.8. The number of aromatic amines is 1. The van der Waals surface area contributed by atoms with E-state index < -0.39 is 23.2 Å². The highest BCUT2D eigenvalue weighted by atomic mass is 16.5. The molecule has 0 fully saturated rings. The van der Waals surface area contributed by atoms with E-state index in [1.807, 2.05) is 6.07 Å². The summed E-state index contributed by atoms with van der Waals surface area (Å²) in [7, 11) is 2.77. The molecule has 11 nitrogen and oxygen atoms in total. The largest absolute Gasteiger partial charge is 0.502 e. The first-order valence-electron chi connectivity index (χ1n) is 11.2. The lowest BCUT2D eigenvalue weighted by molar-refractivity contribution is -0.132. The minimum Gasteiger partial charge on any atom is -0.502 e. The zero-order valence-electron chi connectivity index (χ0n) is 20.0. The molecular weight excluding hydrogens is 468 g/mol. The smallest absolute Gasteiger partial charge is 0.331 e. The number of aromatic hydroxyl groups is 2. The van der Waals surface area contributed by atoms with Gasteiger partial charge in [0.25, 0.3) is 5.56 Å². The Bertz CT molecular complexity index is 1420. The third kappa shape index (κ3) is 4.42. The molecule has 0 unspecified atom stereocenters. The minimum absolute atomic E-state index is 0.0238. The first-order valence-corrected chi connectivity index (χ1v) is 11.2. The number of nitrogens with zero attached hydrogens (tertiary/aromatic N) is 3. The van der Waals surface area contributed by atoms with Gasteiger partial charge in [-0.3, -0.25) is 19.1 Å². The maximum Gasteiger partial charge on any atom is 0.331 e. The second-order valence-electron chi connectivity index (χ2n) is 8.16. The molecule has 2 heterocycles. The second kappa shape index (κ2) is 9.98. The van der Waals surface area contributed by atoms with Crippen molar-refractivity contribution >= 4 is 11.6 Å². The van der Waals surface area contributed by atoms with Gasteiger partial charge >= 0.3 is 5.69 Å². The van der Waals surface area contributed by atoms with Gasteiger partial charge in [0.2, 0.25) is 17.5 Å². The zero-order chi connectivity index (χ0) is 26.0. The molecule has 4 rings (SSSR count). The molecule has 2 aromatic carbocycles. The van der Waals surface area contributed by atoms with Gasteiger partial charge in [-0.1, -0.05) is 37.3 Å². The molecule has 0 spiro atoms. The number of carbonyl (C=O) groups is 1. The number of amides is 1. The van der Waals surface area contributed by atoms with Crippen LogP contribution in [0.2, 0.25) is 0 Å². The predicted molar refractivity (Wildman–Crippen MR) is 131 cm³/mol. The van der Waals surface area contributed by atoms with Crippen LogP contribution in [0, 0.1) is 0 Å². The molecule has 1 atom stereocenters. The molecular formula is C25H26N4O7. The van der Waals surface area contributed by atoms with Crippen LogP contribution in [0.25, 0.3) is 0 Å². The Kier molecular flexibility index (Phi) is 6.82. The average molecular weight is 495 g/mol. The average Bonchev–Trinajstić information content (AvgIpc) is 3.31. The van der Waals surface area contributed by atoms with Crippen LogP contribution in [0.3, 0.4) is 0 Å². The molecule has 1 aliphatic rings. The number of hydrogen-bond donors (Lipinski definition) is 3. The molecule has 1 amide bonds. The lowest BCUT2D eigenvalue weighted by Crippen LogP contribution is -2.34. The summed E-state index contributed by atoms with van der Waals surface area (Å²) >= 11 is 0. The molecule has 0 radical (unpaired) electrons. The van der Waals surface area contributed by atoms with Crippen molar-refractivity contribution in [2.75, 3.05) is 14.2 Å². The van der Waals surface area contributed by atoms with Crippen LogP contribution in [0.15, 0.2) is 57.2 Å². The van der Waals surface area contributed by atoms with Gasteiger partial charge < -0.3 is 19.7 Å². The standard InChI is InChI=1S/C25H26N4O7/c1-4-20(30)29-17(15-10-18(35-2)22(31)19(11-15)36-3)12-16(27-29)21-23(32)26-25(34)28(24(21)33)13-14-8-6-5-7-9-14/h5-11,17,31,33H,4,12-13H2,1-3H3,(H,26,32,34)/t17-/m1/s1. The van der Waals surface area contributed by atoms with E-state index in [1.165, 1.54) is 19.2 Å². The molecule has 188 valence electrons. The second-order valence-corrected chi connectivity index (χ2v) is 8.16. The molecule has 0 saturated carbocycles. The van der Waals surface area contributed by atoms with Crippen LogP contribution in [0.4, 0.5) is 0 Å². The number of hydrazone groups is 1. The SMILES string of the molecule is CCC(=O)N1N=C(c2c(O)n(Cc3ccccc3)c(=O)[nH]c2=O)C[C@@H]1c1cc(OC)c(O)c(OC)c1. The van der Waals surface area contributed by atoms with Crippen molar-refractivity contribution in [2.45, 2.75) is 32.4 Å². The number of phenols is 1. The lowest BCUT2D eigenvalue weighted by atomic mass is 9.98. The molecule has 1 aromatic heterocycles. The number of hydrogen-bond acceptors (Lipinski definition) is 8. The fraction of sp³-hybridized carbons (Fsp3) is 0.280. The quantitative estimate of drug-likeness (QED) is 0.456. The number of ether oxygens (including phenoxy) is 2. The van der Waals surface area contributed by atoms with Crippen LogP contribution < -0.4 is 20.7 Å². The Balaban J connectivity index is 1.80. The highest BCUT2D eigenvalue weighted by Gasteiger charge is 2.36. The van der Waals surface area contributed by atoms with E-state index in [1.54, 1.807) is 43.3 Å². The van der Waals surface area contributed by atoms with Crippen molar-refractivity contribution in [1.82, 2.24) is 14.6 Å². The number of carbonyl (C=O) groups excluding carboxylic acids is 1. The Morgan fingerprint density at radius 1 is 1.11 bits per heavy atom. The van der Waals surface area contributed by atoms with Crippen LogP contribution in [0.1, 0.15) is 42.5 Å². The third-order valence-electron chi connectivity index (χ3n) is 6.00. The van der Waals surface area contributed by atoms with Gasteiger partial charge in [0, 0.05) is 12.8 Å². The van der Waals surface area contributed by atoms with Gasteiger partial charge in [-0.15, -0.1) is 0 Å². The molecule has 36 heavy (non-hydrogen) atoms. The Morgan fingerprint density at radius 3 is 2.33 bits per heavy atom. The summed E-state index contributed by atoms with van der Waals surface area (Å²) in [6.07, 6.45) is 0.193. The van der Waals surface area contributed by atoms with Crippen molar-refractivity contribution < 1.29 is 24.5 Å². The topological polar surface area (TPSA) is 146 Å². The van der Waals surface area contributed by atoms with Gasteiger partial charge in [-0.2, -0.15) is 5.10 Å². The summed E-state index contributed by atoms with van der Waals surface area (Å²) in [5.74, 6) is -0.790. The molecule has 0 bridgehead atoms. The summed E-state index contributed by atoms with van der Waals surface area (Å²) in [6.45, 7) is 1.70. The van der Waals surface area contributed by atoms with Crippen molar-refractivity contribution in [1.29, 1.82) is 0 Å². The highest BCUT2D eigenvalue weighted by Crippen LogP contribution is 2.42. The third-order valence-corrected chi connectivity index (χ3v) is 6.00. The summed E-state index contributed by atoms with van der Waals surface area (Å²) in [6, 6.07) is 11.4. The molecule has 1 aliphatic heterocycles. The van der Waals surface area contributed by atoms with Gasteiger partial charge in [-0.05, 0) is 23.3 Å².